The van der Waals surface area contributed by atoms with Crippen LogP contribution in [0.15, 0.2) is 96.7 Å². The van der Waals surface area contributed by atoms with Crippen LogP contribution in [0.2, 0.25) is 0 Å². The highest BCUT2D eigenvalue weighted by Crippen LogP contribution is 2.65. The zero-order chi connectivity index (χ0) is 18.0. The summed E-state index contributed by atoms with van der Waals surface area (Å²) >= 11 is 0. The molecule has 0 aromatic heterocycles. The van der Waals surface area contributed by atoms with Crippen LogP contribution in [-0.4, -0.2) is 5.21 Å². The SMILES string of the molecule is ONC1=CC2C(C=C1)c1ccccc1C21c2ccccc2-c2ccccc21. The normalized spacial score (nSPS) is 22.6. The fourth-order valence-electron chi connectivity index (χ4n) is 5.69. The molecule has 2 heteroatoms. The largest absolute Gasteiger partial charge is 0.291 e. The molecule has 2 unspecified atom stereocenters. The predicted molar refractivity (Wildman–Crippen MR) is 107 cm³/mol. The number of allylic oxidation sites excluding steroid dienone is 3. The van der Waals surface area contributed by atoms with Gasteiger partial charge in [-0.25, -0.2) is 0 Å². The van der Waals surface area contributed by atoms with Crippen molar-refractivity contribution in [3.05, 3.63) is 119 Å². The first-order valence-corrected chi connectivity index (χ1v) is 9.44. The molecule has 2 atom stereocenters. The van der Waals surface area contributed by atoms with E-state index in [1.54, 1.807) is 0 Å². The molecular formula is C25H19NO. The van der Waals surface area contributed by atoms with Crippen LogP contribution in [0.25, 0.3) is 11.1 Å². The summed E-state index contributed by atoms with van der Waals surface area (Å²) in [4.78, 5) is 0. The van der Waals surface area contributed by atoms with Crippen molar-refractivity contribution in [2.24, 2.45) is 5.92 Å². The molecule has 3 aliphatic rings. The minimum Gasteiger partial charge on any atom is -0.291 e. The number of hydroxylamine groups is 1. The second-order valence-electron chi connectivity index (χ2n) is 7.63. The molecule has 3 aromatic carbocycles. The van der Waals surface area contributed by atoms with Crippen molar-refractivity contribution in [2.75, 3.05) is 0 Å². The van der Waals surface area contributed by atoms with Gasteiger partial charge in [0.15, 0.2) is 0 Å². The molecule has 0 heterocycles. The number of benzene rings is 3. The molecule has 0 aliphatic heterocycles. The maximum absolute atomic E-state index is 9.58. The lowest BCUT2D eigenvalue weighted by Crippen LogP contribution is -2.34. The number of rotatable bonds is 1. The molecule has 0 fully saturated rings. The zero-order valence-electron chi connectivity index (χ0n) is 14.8. The van der Waals surface area contributed by atoms with Gasteiger partial charge in [0.05, 0.1) is 11.1 Å². The molecule has 0 radical (unpaired) electrons. The molecular weight excluding hydrogens is 330 g/mol. The van der Waals surface area contributed by atoms with E-state index < -0.39 is 0 Å². The number of fused-ring (bicyclic) bond motifs is 10. The van der Waals surface area contributed by atoms with Gasteiger partial charge in [0.25, 0.3) is 0 Å². The molecule has 130 valence electrons. The average molecular weight is 349 g/mol. The van der Waals surface area contributed by atoms with Gasteiger partial charge in [-0.15, -0.1) is 0 Å². The Balaban J connectivity index is 1.77. The first kappa shape index (κ1) is 15.0. The Bertz CT molecular complexity index is 1090. The smallest absolute Gasteiger partial charge is 0.0562 e. The molecule has 0 saturated heterocycles. The predicted octanol–water partition coefficient (Wildman–Crippen LogP) is 5.15. The number of hydrogen-bond acceptors (Lipinski definition) is 2. The van der Waals surface area contributed by atoms with Crippen LogP contribution >= 0.6 is 0 Å². The third kappa shape index (κ3) is 1.69. The van der Waals surface area contributed by atoms with Crippen LogP contribution in [-0.2, 0) is 5.41 Å². The summed E-state index contributed by atoms with van der Waals surface area (Å²) in [5, 5.41) is 9.58. The van der Waals surface area contributed by atoms with Crippen molar-refractivity contribution in [1.29, 1.82) is 0 Å². The van der Waals surface area contributed by atoms with Gasteiger partial charge >= 0.3 is 0 Å². The van der Waals surface area contributed by atoms with Crippen LogP contribution < -0.4 is 5.48 Å². The van der Waals surface area contributed by atoms with Gasteiger partial charge in [-0.3, -0.25) is 10.7 Å². The summed E-state index contributed by atoms with van der Waals surface area (Å²) in [6, 6.07) is 26.5. The summed E-state index contributed by atoms with van der Waals surface area (Å²) in [5.41, 5.74) is 11.1. The first-order chi connectivity index (χ1) is 13.4. The minimum atomic E-state index is -0.221. The topological polar surface area (TPSA) is 32.3 Å². The Kier molecular flexibility index (Phi) is 2.90. The van der Waals surface area contributed by atoms with Gasteiger partial charge < -0.3 is 0 Å². The lowest BCUT2D eigenvalue weighted by atomic mass is 9.65. The third-order valence-electron chi connectivity index (χ3n) is 6.60. The third-order valence-corrected chi connectivity index (χ3v) is 6.60. The molecule has 0 amide bonds. The standard InChI is InChI=1S/C25H19NO/c27-26-16-13-14-20-19-9-3-6-12-23(19)25(24(20)15-16)21-10-4-1-7-17(21)18-8-2-5-11-22(18)25/h1-15,20,24,26-27H. The second-order valence-corrected chi connectivity index (χ2v) is 7.63. The Morgan fingerprint density at radius 2 is 1.33 bits per heavy atom. The van der Waals surface area contributed by atoms with E-state index in [0.29, 0.717) is 5.92 Å². The second kappa shape index (κ2) is 5.21. The van der Waals surface area contributed by atoms with Crippen LogP contribution in [0.4, 0.5) is 0 Å². The van der Waals surface area contributed by atoms with E-state index in [4.69, 9.17) is 0 Å². The van der Waals surface area contributed by atoms with Gasteiger partial charge in [-0.2, -0.15) is 0 Å². The molecule has 0 bridgehead atoms. The van der Waals surface area contributed by atoms with E-state index in [1.165, 1.54) is 33.4 Å². The molecule has 0 saturated carbocycles. The highest BCUT2D eigenvalue weighted by molar-refractivity contribution is 5.85. The van der Waals surface area contributed by atoms with Crippen molar-refractivity contribution >= 4 is 0 Å². The molecule has 3 aromatic rings. The van der Waals surface area contributed by atoms with Crippen molar-refractivity contribution in [2.45, 2.75) is 11.3 Å². The lowest BCUT2D eigenvalue weighted by molar-refractivity contribution is 0.202. The Hall–Kier alpha value is -3.10. The molecule has 3 aliphatic carbocycles. The first-order valence-electron chi connectivity index (χ1n) is 9.44. The quantitative estimate of drug-likeness (QED) is 0.596. The van der Waals surface area contributed by atoms with Crippen LogP contribution in [0.1, 0.15) is 28.2 Å². The van der Waals surface area contributed by atoms with Gasteiger partial charge in [0.1, 0.15) is 0 Å². The highest BCUT2D eigenvalue weighted by atomic mass is 16.5. The highest BCUT2D eigenvalue weighted by Gasteiger charge is 2.57. The summed E-state index contributed by atoms with van der Waals surface area (Å²) in [7, 11) is 0. The lowest BCUT2D eigenvalue weighted by Gasteiger charge is -2.36. The average Bonchev–Trinajstić information content (AvgIpc) is 3.21. The van der Waals surface area contributed by atoms with Crippen LogP contribution in [0, 0.1) is 5.92 Å². The van der Waals surface area contributed by atoms with Gasteiger partial charge in [0.2, 0.25) is 0 Å². The van der Waals surface area contributed by atoms with Crippen LogP contribution in [0.5, 0.6) is 0 Å². The Morgan fingerprint density at radius 1 is 0.741 bits per heavy atom. The van der Waals surface area contributed by atoms with Crippen molar-refractivity contribution < 1.29 is 5.21 Å². The van der Waals surface area contributed by atoms with Crippen molar-refractivity contribution in [3.8, 4) is 11.1 Å². The summed E-state index contributed by atoms with van der Waals surface area (Å²) < 4.78 is 0. The maximum atomic E-state index is 9.58. The molecule has 2 N–H and O–H groups in total. The Labute approximate surface area is 158 Å². The molecule has 6 rings (SSSR count). The van der Waals surface area contributed by atoms with Crippen LogP contribution in [0.3, 0.4) is 0 Å². The van der Waals surface area contributed by atoms with Gasteiger partial charge in [0, 0.05) is 11.8 Å². The van der Waals surface area contributed by atoms with E-state index in [1.807, 2.05) is 6.08 Å². The molecule has 2 nitrogen and oxygen atoms in total. The van der Waals surface area contributed by atoms with E-state index in [9.17, 15) is 5.21 Å². The number of hydrogen-bond donors (Lipinski definition) is 2. The fraction of sp³-hybridized carbons (Fsp3) is 0.120. The fourth-order valence-corrected chi connectivity index (χ4v) is 5.69. The summed E-state index contributed by atoms with van der Waals surface area (Å²) in [6.45, 7) is 0. The van der Waals surface area contributed by atoms with Gasteiger partial charge in [-0.1, -0.05) is 84.9 Å². The number of nitrogens with one attached hydrogen (secondary N) is 1. The zero-order valence-corrected chi connectivity index (χ0v) is 14.8. The van der Waals surface area contributed by atoms with Crippen molar-refractivity contribution in [1.82, 2.24) is 5.48 Å². The monoisotopic (exact) mass is 349 g/mol. The van der Waals surface area contributed by atoms with Gasteiger partial charge in [-0.05, 0) is 39.5 Å². The minimum absolute atomic E-state index is 0.221. The van der Waals surface area contributed by atoms with E-state index in [0.717, 1.165) is 5.70 Å². The summed E-state index contributed by atoms with van der Waals surface area (Å²) in [6.07, 6.45) is 6.44. The molecule has 1 spiro atoms. The van der Waals surface area contributed by atoms with E-state index >= 15 is 0 Å². The maximum Gasteiger partial charge on any atom is 0.0562 e. The summed E-state index contributed by atoms with van der Waals surface area (Å²) in [5.74, 6) is 0.525. The van der Waals surface area contributed by atoms with E-state index in [2.05, 4.69) is 90.4 Å². The van der Waals surface area contributed by atoms with Crippen molar-refractivity contribution in [3.63, 3.8) is 0 Å². The Morgan fingerprint density at radius 3 is 2.00 bits per heavy atom. The molecule has 27 heavy (non-hydrogen) atoms. The van der Waals surface area contributed by atoms with E-state index in [-0.39, 0.29) is 11.3 Å².